The van der Waals surface area contributed by atoms with Crippen LogP contribution in [0.4, 0.5) is 0 Å². The molecule has 3 saturated heterocycles. The van der Waals surface area contributed by atoms with Crippen molar-refractivity contribution in [2.24, 2.45) is 0 Å². The summed E-state index contributed by atoms with van der Waals surface area (Å²) in [6.07, 6.45) is -16.6. The van der Waals surface area contributed by atoms with Crippen LogP contribution >= 0.6 is 0 Å². The van der Waals surface area contributed by atoms with Crippen LogP contribution in [0.3, 0.4) is 0 Å². The zero-order chi connectivity index (χ0) is 25.2. The minimum Gasteiger partial charge on any atom is -0.388 e. The van der Waals surface area contributed by atoms with Crippen LogP contribution in [-0.2, 0) is 28.7 Å². The van der Waals surface area contributed by atoms with Crippen LogP contribution in [0.25, 0.3) is 0 Å². The van der Waals surface area contributed by atoms with Gasteiger partial charge in [-0.3, -0.25) is 19.2 Å². The molecule has 0 spiro atoms. The highest BCUT2D eigenvalue weighted by molar-refractivity contribution is 5.88. The highest BCUT2D eigenvalue weighted by Gasteiger charge is 2.48. The first kappa shape index (κ1) is 26.2. The molecule has 3 aliphatic heterocycles. The fourth-order valence-electron chi connectivity index (χ4n) is 3.76. The van der Waals surface area contributed by atoms with E-state index in [1.807, 2.05) is 0 Å². The molecular formula is C18H28N4O12. The first-order valence-corrected chi connectivity index (χ1v) is 10.5. The molecule has 3 rings (SSSR count). The predicted octanol–water partition coefficient (Wildman–Crippen LogP) is -7.83. The summed E-state index contributed by atoms with van der Waals surface area (Å²) in [5.74, 6) is -3.51. The molecule has 0 radical (unpaired) electrons. The number of carbonyl (C=O) groups is 4. The molecule has 0 aromatic rings. The molecule has 16 heteroatoms. The monoisotopic (exact) mass is 492 g/mol. The largest absolute Gasteiger partial charge is 0.388 e. The van der Waals surface area contributed by atoms with Gasteiger partial charge in [0.15, 0.2) is 12.2 Å². The summed E-state index contributed by atoms with van der Waals surface area (Å²) in [5.41, 5.74) is 0. The fraction of sp³-hybridized carbons (Fsp3) is 0.778. The number of nitrogens with one attached hydrogen (secondary N) is 4. The van der Waals surface area contributed by atoms with E-state index < -0.39 is 111 Å². The third kappa shape index (κ3) is 5.61. The van der Waals surface area contributed by atoms with Gasteiger partial charge in [0.05, 0.1) is 13.1 Å². The van der Waals surface area contributed by atoms with E-state index >= 15 is 0 Å². The maximum Gasteiger partial charge on any atom is 0.252 e. The average molecular weight is 492 g/mol. The van der Waals surface area contributed by atoms with Crippen molar-refractivity contribution in [3.05, 3.63) is 0 Å². The summed E-state index contributed by atoms with van der Waals surface area (Å²) in [5, 5.41) is 69.5. The Balaban J connectivity index is 1.77. The van der Waals surface area contributed by atoms with Crippen molar-refractivity contribution in [2.45, 2.75) is 61.0 Å². The Labute approximate surface area is 192 Å². The van der Waals surface area contributed by atoms with Crippen molar-refractivity contribution in [3.8, 4) is 0 Å². The molecule has 0 saturated carbocycles. The Bertz CT molecular complexity index is 735. The van der Waals surface area contributed by atoms with Crippen LogP contribution in [0.1, 0.15) is 0 Å². The van der Waals surface area contributed by atoms with Gasteiger partial charge in [-0.2, -0.15) is 0 Å². The van der Waals surface area contributed by atoms with Gasteiger partial charge in [-0.1, -0.05) is 0 Å². The minimum absolute atomic E-state index is 0.417. The van der Waals surface area contributed by atoms with Crippen LogP contribution < -0.4 is 21.3 Å². The zero-order valence-corrected chi connectivity index (χ0v) is 17.7. The van der Waals surface area contributed by atoms with Crippen molar-refractivity contribution >= 4 is 23.6 Å². The number of ether oxygens (including phenoxy) is 2. The maximum absolute atomic E-state index is 12.4. The Kier molecular flexibility index (Phi) is 8.37. The Morgan fingerprint density at radius 2 is 0.882 bits per heavy atom. The van der Waals surface area contributed by atoms with Gasteiger partial charge in [-0.25, -0.2) is 0 Å². The van der Waals surface area contributed by atoms with E-state index in [2.05, 4.69) is 21.3 Å². The highest BCUT2D eigenvalue weighted by Crippen LogP contribution is 2.22. The second-order valence-corrected chi connectivity index (χ2v) is 8.18. The van der Waals surface area contributed by atoms with E-state index in [1.165, 1.54) is 0 Å². The molecule has 3 aliphatic rings. The number of carbonyl (C=O) groups excluding carboxylic acids is 4. The molecule has 3 heterocycles. The SMILES string of the molecule is O=C1CNC(=O)[C@H]2O[C@@H](CNC(=O)CNC(=O)[C@H]3O[C@@H](CN1)[C@H](O)[C@@H](O)[C@@H]3O)[C@H](O)[C@@H](O)[C@@H]2O. The van der Waals surface area contributed by atoms with Crippen molar-refractivity contribution in [3.63, 3.8) is 0 Å². The number of aliphatic hydroxyl groups is 6. The summed E-state index contributed by atoms with van der Waals surface area (Å²) in [7, 11) is 0. The fourth-order valence-corrected chi connectivity index (χ4v) is 3.76. The lowest BCUT2D eigenvalue weighted by atomic mass is 9.94. The molecule has 192 valence electrons. The molecule has 34 heavy (non-hydrogen) atoms. The lowest BCUT2D eigenvalue weighted by Gasteiger charge is -2.40. The van der Waals surface area contributed by atoms with Gasteiger partial charge in [-0.05, 0) is 0 Å². The molecule has 10 atom stereocenters. The topological polar surface area (TPSA) is 256 Å². The van der Waals surface area contributed by atoms with Gasteiger partial charge in [0.2, 0.25) is 11.8 Å². The molecule has 0 aromatic carbocycles. The van der Waals surface area contributed by atoms with Crippen molar-refractivity contribution in [2.75, 3.05) is 26.2 Å². The van der Waals surface area contributed by atoms with E-state index in [1.54, 1.807) is 0 Å². The number of fused-ring (bicyclic) bond motifs is 4. The lowest BCUT2D eigenvalue weighted by Crippen LogP contribution is -2.65. The quantitative estimate of drug-likeness (QED) is 0.151. The van der Waals surface area contributed by atoms with Gasteiger partial charge in [-0.15, -0.1) is 0 Å². The summed E-state index contributed by atoms with van der Waals surface area (Å²) in [6.45, 7) is -2.08. The van der Waals surface area contributed by atoms with Gasteiger partial charge in [0.25, 0.3) is 11.8 Å². The van der Waals surface area contributed by atoms with Crippen LogP contribution in [-0.4, -0.2) is 141 Å². The van der Waals surface area contributed by atoms with Crippen molar-refractivity contribution in [1.82, 2.24) is 21.3 Å². The summed E-state index contributed by atoms with van der Waals surface area (Å²) in [4.78, 5) is 49.0. The maximum atomic E-state index is 12.4. The summed E-state index contributed by atoms with van der Waals surface area (Å²) >= 11 is 0. The van der Waals surface area contributed by atoms with E-state index in [-0.39, 0.29) is 0 Å². The standard InChI is InChI=1S/C18H28N4O12/c23-7-3-21-18(32)16-14(30)12(28)10(26)6(34-16)2-20-8(24)4-22-17(31)15-13(29)11(27)9(25)5(33-15)1-19-7/h5-6,9-16,25-30H,1-4H2,(H,19,23)(H,20,24)(H,21,32)(H,22,31)/t5-,6-,9-,10-,11+,12+,13-,14-,15-,16-/m0/s1. The molecule has 3 fully saturated rings. The zero-order valence-electron chi connectivity index (χ0n) is 17.7. The molecule has 10 N–H and O–H groups in total. The molecule has 4 amide bonds. The highest BCUT2D eigenvalue weighted by atomic mass is 16.5. The number of amides is 4. The first-order chi connectivity index (χ1) is 16.0. The van der Waals surface area contributed by atoms with Crippen molar-refractivity contribution < 1.29 is 59.3 Å². The summed E-state index contributed by atoms with van der Waals surface area (Å²) in [6, 6.07) is 0. The number of aliphatic hydroxyl groups excluding tert-OH is 6. The van der Waals surface area contributed by atoms with Crippen LogP contribution in [0.2, 0.25) is 0 Å². The predicted molar refractivity (Wildman–Crippen MR) is 105 cm³/mol. The molecular weight excluding hydrogens is 464 g/mol. The van der Waals surface area contributed by atoms with Gasteiger partial charge < -0.3 is 61.4 Å². The van der Waals surface area contributed by atoms with E-state index in [9.17, 15) is 49.8 Å². The Morgan fingerprint density at radius 1 is 0.529 bits per heavy atom. The third-order valence-corrected chi connectivity index (χ3v) is 5.79. The summed E-state index contributed by atoms with van der Waals surface area (Å²) < 4.78 is 10.6. The first-order valence-electron chi connectivity index (χ1n) is 10.5. The average Bonchev–Trinajstić information content (AvgIpc) is 2.81. The molecule has 0 aromatic heterocycles. The van der Waals surface area contributed by atoms with E-state index in [0.717, 1.165) is 0 Å². The molecule has 0 unspecified atom stereocenters. The van der Waals surface area contributed by atoms with Gasteiger partial charge >= 0.3 is 0 Å². The number of rotatable bonds is 0. The number of hydrogen-bond donors (Lipinski definition) is 10. The lowest BCUT2D eigenvalue weighted by molar-refractivity contribution is -0.220. The van der Waals surface area contributed by atoms with Crippen LogP contribution in [0.15, 0.2) is 0 Å². The van der Waals surface area contributed by atoms with Gasteiger partial charge in [0, 0.05) is 13.1 Å². The van der Waals surface area contributed by atoms with E-state index in [0.29, 0.717) is 0 Å². The Morgan fingerprint density at radius 3 is 1.24 bits per heavy atom. The van der Waals surface area contributed by atoms with E-state index in [4.69, 9.17) is 9.47 Å². The Hall–Kier alpha value is -2.44. The second-order valence-electron chi connectivity index (χ2n) is 8.18. The molecule has 0 aliphatic carbocycles. The minimum atomic E-state index is -1.83. The third-order valence-electron chi connectivity index (χ3n) is 5.79. The molecule has 16 nitrogen and oxygen atoms in total. The molecule has 4 bridgehead atoms. The smallest absolute Gasteiger partial charge is 0.252 e. The number of hydrogen-bond acceptors (Lipinski definition) is 12. The second kappa shape index (κ2) is 10.9. The van der Waals surface area contributed by atoms with Crippen LogP contribution in [0, 0.1) is 0 Å². The normalized spacial score (nSPS) is 42.9. The van der Waals surface area contributed by atoms with Gasteiger partial charge in [0.1, 0.15) is 48.8 Å². The van der Waals surface area contributed by atoms with Crippen LogP contribution in [0.5, 0.6) is 0 Å². The van der Waals surface area contributed by atoms with Crippen molar-refractivity contribution in [1.29, 1.82) is 0 Å².